The van der Waals surface area contributed by atoms with Gasteiger partial charge in [-0.05, 0) is 30.3 Å². The minimum absolute atomic E-state index is 0.00730. The van der Waals surface area contributed by atoms with Crippen molar-refractivity contribution in [1.29, 1.82) is 0 Å². The maximum absolute atomic E-state index is 15.9. The predicted octanol–water partition coefficient (Wildman–Crippen LogP) is 5.36. The number of nitrogens with zero attached hydrogens (tertiary/aromatic N) is 3. The number of benzene rings is 2. The quantitative estimate of drug-likeness (QED) is 0.363. The van der Waals surface area contributed by atoms with Crippen LogP contribution in [-0.2, 0) is 15.4 Å². The first-order valence-electron chi connectivity index (χ1n) is 12.7. The maximum atomic E-state index is 15.9. The summed E-state index contributed by atoms with van der Waals surface area (Å²) in [6, 6.07) is 7.11. The van der Waals surface area contributed by atoms with Gasteiger partial charge in [-0.15, -0.1) is 11.3 Å². The van der Waals surface area contributed by atoms with Crippen LogP contribution in [0.4, 0.5) is 24.8 Å². The highest BCUT2D eigenvalue weighted by molar-refractivity contribution is 7.92. The Labute approximate surface area is 212 Å². The first-order chi connectivity index (χ1) is 18.9. The van der Waals surface area contributed by atoms with Gasteiger partial charge in [0.2, 0.25) is 5.95 Å². The summed E-state index contributed by atoms with van der Waals surface area (Å²) in [5.74, 6) is -4.27. The summed E-state index contributed by atoms with van der Waals surface area (Å²) in [5.41, 5.74) is 1.84. The molecule has 12 heteroatoms. The molecule has 0 radical (unpaired) electrons. The van der Waals surface area contributed by atoms with Gasteiger partial charge in [-0.3, -0.25) is 4.72 Å². The van der Waals surface area contributed by atoms with E-state index >= 15 is 4.39 Å². The van der Waals surface area contributed by atoms with Crippen LogP contribution in [0.25, 0.3) is 21.8 Å². The van der Waals surface area contributed by atoms with Crippen LogP contribution in [0.2, 0.25) is 0 Å². The van der Waals surface area contributed by atoms with E-state index in [9.17, 15) is 17.2 Å². The van der Waals surface area contributed by atoms with Crippen molar-refractivity contribution in [2.45, 2.75) is 30.9 Å². The van der Waals surface area contributed by atoms with E-state index < -0.39 is 67.7 Å². The van der Waals surface area contributed by atoms with Crippen LogP contribution in [0, 0.1) is 17.5 Å². The third kappa shape index (κ3) is 4.84. The van der Waals surface area contributed by atoms with E-state index in [1.54, 1.807) is 0 Å². The number of aromatic nitrogens is 3. The number of nitrogens with one attached hydrogen (secondary N) is 1. The van der Waals surface area contributed by atoms with E-state index in [4.69, 9.17) is 14.0 Å². The topological polar surface area (TPSA) is 111 Å². The third-order valence-corrected chi connectivity index (χ3v) is 7.36. The van der Waals surface area contributed by atoms with Crippen LogP contribution in [-0.4, -0.2) is 23.4 Å². The van der Waals surface area contributed by atoms with E-state index in [1.165, 1.54) is 24.4 Å². The summed E-state index contributed by atoms with van der Waals surface area (Å²) in [6.07, 6.45) is 1.26. The molecule has 0 bridgehead atoms. The molecule has 2 aromatic heterocycles. The van der Waals surface area contributed by atoms with Gasteiger partial charge in [0.15, 0.2) is 10.7 Å². The van der Waals surface area contributed by atoms with E-state index in [1.807, 2.05) is 4.72 Å². The van der Waals surface area contributed by atoms with E-state index in [0.29, 0.717) is 23.5 Å². The fraction of sp³-hybridized carbons (Fsp3) is 0.174. The number of anilines is 2. The summed E-state index contributed by atoms with van der Waals surface area (Å²) >= 11 is 0.624. The molecule has 0 fully saturated rings. The third-order valence-electron chi connectivity index (χ3n) is 4.65. The number of halogens is 3. The fourth-order valence-corrected chi connectivity index (χ4v) is 5.32. The monoisotopic (exact) mass is 525 g/mol. The zero-order chi connectivity index (χ0) is 30.5. The molecular formula is C23H20F3N5O2S2. The van der Waals surface area contributed by atoms with Crippen LogP contribution in [0.15, 0.2) is 53.6 Å². The van der Waals surface area contributed by atoms with Gasteiger partial charge in [0.25, 0.3) is 10.0 Å². The molecule has 0 unspecified atom stereocenters. The molecule has 4 aromatic rings. The van der Waals surface area contributed by atoms with Crippen LogP contribution >= 0.6 is 11.3 Å². The van der Waals surface area contributed by atoms with Gasteiger partial charge in [-0.25, -0.2) is 36.5 Å². The van der Waals surface area contributed by atoms with Gasteiger partial charge < -0.3 is 5.73 Å². The smallest absolute Gasteiger partial charge is 0.267 e. The lowest BCUT2D eigenvalue weighted by Gasteiger charge is -2.14. The SMILES string of the molecule is [2H]C([2H])([2H])C(C)(c1nc(-c2cccc(NS(=O)(=O)c3c(F)cccc3F)c2F)c(-c2ccnc(N)n2)s1)C([2H])([2H])[2H]. The molecule has 0 saturated carbocycles. The summed E-state index contributed by atoms with van der Waals surface area (Å²) < 4.78 is 120. The number of nitrogens with two attached hydrogens (primary N) is 1. The van der Waals surface area contributed by atoms with Crippen molar-refractivity contribution in [2.24, 2.45) is 0 Å². The lowest BCUT2D eigenvalue weighted by molar-refractivity contribution is 0.521. The summed E-state index contributed by atoms with van der Waals surface area (Å²) in [7, 11) is -4.96. The second-order valence-electron chi connectivity index (χ2n) is 7.45. The molecule has 2 aromatic carbocycles. The first-order valence-corrected chi connectivity index (χ1v) is 12.0. The molecule has 35 heavy (non-hydrogen) atoms. The predicted molar refractivity (Wildman–Crippen MR) is 129 cm³/mol. The highest BCUT2D eigenvalue weighted by Crippen LogP contribution is 2.42. The second-order valence-corrected chi connectivity index (χ2v) is 10.1. The fourth-order valence-electron chi connectivity index (χ4n) is 3.12. The molecule has 0 aliphatic carbocycles. The van der Waals surface area contributed by atoms with Crippen molar-refractivity contribution in [3.8, 4) is 21.8 Å². The normalized spacial score (nSPS) is 15.3. The van der Waals surface area contributed by atoms with E-state index in [0.717, 1.165) is 19.1 Å². The zero-order valence-electron chi connectivity index (χ0n) is 23.8. The van der Waals surface area contributed by atoms with Crippen LogP contribution in [0.1, 0.15) is 33.9 Å². The zero-order valence-corrected chi connectivity index (χ0v) is 19.4. The highest BCUT2D eigenvalue weighted by atomic mass is 32.2. The minimum Gasteiger partial charge on any atom is -0.368 e. The molecule has 0 atom stereocenters. The van der Waals surface area contributed by atoms with Gasteiger partial charge in [0.1, 0.15) is 11.6 Å². The van der Waals surface area contributed by atoms with Crippen molar-refractivity contribution in [3.05, 3.63) is 71.1 Å². The Morgan fingerprint density at radius 1 is 1.06 bits per heavy atom. The lowest BCUT2D eigenvalue weighted by Crippen LogP contribution is -2.17. The molecule has 0 aliphatic heterocycles. The maximum Gasteiger partial charge on any atom is 0.267 e. The van der Waals surface area contributed by atoms with Crippen molar-refractivity contribution in [1.82, 2.24) is 15.0 Å². The summed E-state index contributed by atoms with van der Waals surface area (Å²) in [4.78, 5) is 10.7. The highest BCUT2D eigenvalue weighted by Gasteiger charge is 2.28. The molecule has 0 aliphatic rings. The summed E-state index contributed by atoms with van der Waals surface area (Å²) in [6.45, 7) is -5.19. The number of nitrogen functional groups attached to an aromatic ring is 1. The van der Waals surface area contributed by atoms with Gasteiger partial charge in [0, 0.05) is 25.4 Å². The van der Waals surface area contributed by atoms with Crippen LogP contribution in [0.5, 0.6) is 0 Å². The Hall–Kier alpha value is -3.51. The molecule has 0 spiro atoms. The largest absolute Gasteiger partial charge is 0.368 e. The Morgan fingerprint density at radius 3 is 2.40 bits per heavy atom. The van der Waals surface area contributed by atoms with Crippen LogP contribution in [0.3, 0.4) is 0 Å². The molecule has 3 N–H and O–H groups in total. The first kappa shape index (κ1) is 17.9. The van der Waals surface area contributed by atoms with Crippen molar-refractivity contribution in [3.63, 3.8) is 0 Å². The molecule has 2 heterocycles. The molecule has 7 nitrogen and oxygen atoms in total. The van der Waals surface area contributed by atoms with Crippen molar-refractivity contribution >= 4 is 33.0 Å². The Bertz CT molecular complexity index is 1710. The van der Waals surface area contributed by atoms with Crippen molar-refractivity contribution in [2.75, 3.05) is 10.5 Å². The van der Waals surface area contributed by atoms with Gasteiger partial charge in [-0.2, -0.15) is 0 Å². The number of thiazole rings is 1. The lowest BCUT2D eigenvalue weighted by atomic mass is 9.98. The number of sulfonamides is 1. The molecule has 0 saturated heterocycles. The Kier molecular flexibility index (Phi) is 4.56. The number of hydrogen-bond donors (Lipinski definition) is 2. The van der Waals surface area contributed by atoms with Gasteiger partial charge in [-0.1, -0.05) is 32.8 Å². The average molecular weight is 526 g/mol. The van der Waals surface area contributed by atoms with Crippen LogP contribution < -0.4 is 10.5 Å². The molecule has 182 valence electrons. The summed E-state index contributed by atoms with van der Waals surface area (Å²) in [5, 5.41) is -0.404. The minimum atomic E-state index is -4.96. The van der Waals surface area contributed by atoms with Gasteiger partial charge >= 0.3 is 0 Å². The molecule has 4 rings (SSSR count). The van der Waals surface area contributed by atoms with E-state index in [-0.39, 0.29) is 22.2 Å². The van der Waals surface area contributed by atoms with Gasteiger partial charge in [0.05, 0.1) is 27.0 Å². The molecule has 0 amide bonds. The Balaban J connectivity index is 1.95. The molecular weight excluding hydrogens is 499 g/mol. The average Bonchev–Trinajstić information content (AvgIpc) is 3.28. The second kappa shape index (κ2) is 8.93. The standard InChI is InChI=1S/C23H20F3N5O2S2/c1-23(2,3)21-30-18(19(34-21)16-10-11-28-22(27)29-16)12-6-4-9-15(17(12)26)31-35(32,33)20-13(24)7-5-8-14(20)25/h4-11,31H,1-3H3,(H2,27,28,29)/i1D3,2D3. The number of hydrogen-bond acceptors (Lipinski definition) is 7. The van der Waals surface area contributed by atoms with Crippen molar-refractivity contribution < 1.29 is 29.8 Å². The Morgan fingerprint density at radius 2 is 1.74 bits per heavy atom. The van der Waals surface area contributed by atoms with E-state index in [2.05, 4.69) is 15.0 Å². The number of rotatable bonds is 5.